The molecular weight excluding hydrogens is 258 g/mol. The van der Waals surface area contributed by atoms with Crippen LogP contribution in [0.25, 0.3) is 11.6 Å². The van der Waals surface area contributed by atoms with Crippen molar-refractivity contribution >= 4 is 11.7 Å². The molecule has 1 saturated carbocycles. The predicted molar refractivity (Wildman–Crippen MR) is 71.7 cm³/mol. The number of oxazole rings is 1. The van der Waals surface area contributed by atoms with E-state index in [0.717, 1.165) is 0 Å². The highest BCUT2D eigenvalue weighted by atomic mass is 16.3. The first-order chi connectivity index (χ1) is 9.65. The number of nitrogens with one attached hydrogen (secondary N) is 1. The monoisotopic (exact) mass is 273 g/mol. The van der Waals surface area contributed by atoms with Gasteiger partial charge >= 0.3 is 0 Å². The summed E-state index contributed by atoms with van der Waals surface area (Å²) in [7, 11) is 0. The van der Waals surface area contributed by atoms with Gasteiger partial charge in [-0.1, -0.05) is 0 Å². The molecule has 2 aromatic heterocycles. The van der Waals surface area contributed by atoms with E-state index in [0.29, 0.717) is 29.7 Å². The Bertz CT molecular complexity index is 634. The lowest BCUT2D eigenvalue weighted by atomic mass is 10.2. The molecule has 0 atom stereocenters. The van der Waals surface area contributed by atoms with E-state index in [9.17, 15) is 4.79 Å². The molecule has 0 unspecified atom stereocenters. The smallest absolute Gasteiger partial charge is 0.273 e. The van der Waals surface area contributed by atoms with Crippen LogP contribution in [-0.2, 0) is 0 Å². The molecule has 0 saturated heterocycles. The van der Waals surface area contributed by atoms with Gasteiger partial charge in [-0.3, -0.25) is 4.79 Å². The number of nitrogens with two attached hydrogens (primary N) is 1. The average Bonchev–Trinajstić information content (AvgIpc) is 3.11. The number of hydrogen-bond donors (Lipinski definition) is 2. The van der Waals surface area contributed by atoms with E-state index in [1.54, 1.807) is 6.92 Å². The zero-order valence-corrected chi connectivity index (χ0v) is 11.1. The molecule has 1 aliphatic rings. The zero-order chi connectivity index (χ0) is 14.1. The predicted octanol–water partition coefficient (Wildman–Crippen LogP) is 1.16. The molecule has 0 aromatic carbocycles. The van der Waals surface area contributed by atoms with Gasteiger partial charge in [0.15, 0.2) is 11.5 Å². The second-order valence-electron chi connectivity index (χ2n) is 4.88. The van der Waals surface area contributed by atoms with Crippen LogP contribution in [0.15, 0.2) is 16.9 Å². The van der Waals surface area contributed by atoms with Gasteiger partial charge in [0.25, 0.3) is 5.91 Å². The number of carbonyl (C=O) groups excluding carboxylic acids is 1. The van der Waals surface area contributed by atoms with Crippen LogP contribution in [-0.4, -0.2) is 27.4 Å². The highest BCUT2D eigenvalue weighted by Gasteiger charge is 2.24. The number of amides is 1. The first-order valence-electron chi connectivity index (χ1n) is 6.47. The molecule has 0 aliphatic heterocycles. The van der Waals surface area contributed by atoms with Crippen molar-refractivity contribution in [2.45, 2.75) is 19.8 Å². The maximum Gasteiger partial charge on any atom is 0.273 e. The lowest BCUT2D eigenvalue weighted by molar-refractivity contribution is 0.0947. The van der Waals surface area contributed by atoms with Gasteiger partial charge in [-0.05, 0) is 25.7 Å². The lowest BCUT2D eigenvalue weighted by Gasteiger charge is -2.08. The minimum absolute atomic E-state index is 0.0806. The molecule has 7 nitrogen and oxygen atoms in total. The summed E-state index contributed by atoms with van der Waals surface area (Å²) in [5.41, 5.74) is 6.97. The molecule has 20 heavy (non-hydrogen) atoms. The number of hydrogen-bond acceptors (Lipinski definition) is 6. The van der Waals surface area contributed by atoms with E-state index < -0.39 is 0 Å². The maximum atomic E-state index is 12.0. The second-order valence-corrected chi connectivity index (χ2v) is 4.88. The summed E-state index contributed by atoms with van der Waals surface area (Å²) in [6.07, 6.45) is 5.30. The Morgan fingerprint density at radius 1 is 1.50 bits per heavy atom. The van der Waals surface area contributed by atoms with Crippen LogP contribution in [0.3, 0.4) is 0 Å². The van der Waals surface area contributed by atoms with E-state index >= 15 is 0 Å². The average molecular weight is 273 g/mol. The Hall–Kier alpha value is -2.44. The summed E-state index contributed by atoms with van der Waals surface area (Å²) in [5, 5.41) is 2.82. The Morgan fingerprint density at radius 3 is 2.95 bits per heavy atom. The molecule has 3 rings (SSSR count). The van der Waals surface area contributed by atoms with Gasteiger partial charge in [0, 0.05) is 6.54 Å². The number of carbonyl (C=O) groups is 1. The first kappa shape index (κ1) is 12.6. The lowest BCUT2D eigenvalue weighted by Crippen LogP contribution is -2.28. The molecule has 0 spiro atoms. The Labute approximate surface area is 115 Å². The number of nitrogens with zero attached hydrogens (tertiary/aromatic N) is 3. The summed E-state index contributed by atoms with van der Waals surface area (Å²) >= 11 is 0. The van der Waals surface area contributed by atoms with Gasteiger partial charge in [-0.25, -0.2) is 15.0 Å². The van der Waals surface area contributed by atoms with Crippen LogP contribution in [0, 0.1) is 12.8 Å². The van der Waals surface area contributed by atoms with Crippen molar-refractivity contribution in [2.24, 2.45) is 5.92 Å². The minimum atomic E-state index is -0.288. The van der Waals surface area contributed by atoms with Crippen molar-refractivity contribution in [1.82, 2.24) is 20.3 Å². The van der Waals surface area contributed by atoms with Crippen LogP contribution in [0.4, 0.5) is 5.82 Å². The van der Waals surface area contributed by atoms with Gasteiger partial charge in [-0.2, -0.15) is 0 Å². The first-order valence-corrected chi connectivity index (χ1v) is 6.47. The zero-order valence-electron chi connectivity index (χ0n) is 11.1. The number of aryl methyl sites for hydroxylation is 1. The Balaban J connectivity index is 1.85. The molecule has 3 N–H and O–H groups in total. The van der Waals surface area contributed by atoms with Gasteiger partial charge in [0.1, 0.15) is 12.0 Å². The maximum absolute atomic E-state index is 12.0. The molecular formula is C13H15N5O2. The normalized spacial score (nSPS) is 14.2. The molecule has 1 fully saturated rings. The third-order valence-electron chi connectivity index (χ3n) is 3.20. The fourth-order valence-electron chi connectivity index (χ4n) is 1.89. The fourth-order valence-corrected chi connectivity index (χ4v) is 1.89. The van der Waals surface area contributed by atoms with Crippen molar-refractivity contribution in [2.75, 3.05) is 12.3 Å². The van der Waals surface area contributed by atoms with Gasteiger partial charge in [0.05, 0.1) is 11.9 Å². The van der Waals surface area contributed by atoms with Crippen molar-refractivity contribution in [3.8, 4) is 11.6 Å². The highest BCUT2D eigenvalue weighted by molar-refractivity contribution is 5.96. The van der Waals surface area contributed by atoms with Crippen molar-refractivity contribution in [1.29, 1.82) is 0 Å². The van der Waals surface area contributed by atoms with E-state index in [1.807, 2.05) is 0 Å². The summed E-state index contributed by atoms with van der Waals surface area (Å²) in [6, 6.07) is 0. The van der Waals surface area contributed by atoms with E-state index in [4.69, 9.17) is 10.2 Å². The SMILES string of the molecule is Cc1nc(C(=O)NCC2CC2)c(N)nc1-c1ncco1. The highest BCUT2D eigenvalue weighted by Crippen LogP contribution is 2.27. The van der Waals surface area contributed by atoms with Crippen molar-refractivity contribution < 1.29 is 9.21 Å². The Kier molecular flexibility index (Phi) is 3.09. The Morgan fingerprint density at radius 2 is 2.30 bits per heavy atom. The topological polar surface area (TPSA) is 107 Å². The summed E-state index contributed by atoms with van der Waals surface area (Å²) in [5.74, 6) is 0.730. The number of nitrogen functional groups attached to an aromatic ring is 1. The number of rotatable bonds is 4. The molecule has 0 bridgehead atoms. The summed E-state index contributed by atoms with van der Waals surface area (Å²) in [4.78, 5) is 24.4. The van der Waals surface area contributed by atoms with E-state index in [1.165, 1.54) is 25.3 Å². The molecule has 1 amide bonds. The van der Waals surface area contributed by atoms with Crippen molar-refractivity contribution in [3.63, 3.8) is 0 Å². The van der Waals surface area contributed by atoms with Crippen LogP contribution >= 0.6 is 0 Å². The third-order valence-corrected chi connectivity index (χ3v) is 3.20. The summed E-state index contributed by atoms with van der Waals surface area (Å²) in [6.45, 7) is 2.41. The number of aromatic nitrogens is 3. The van der Waals surface area contributed by atoms with E-state index in [-0.39, 0.29) is 17.4 Å². The second kappa shape index (κ2) is 4.92. The quantitative estimate of drug-likeness (QED) is 0.865. The third kappa shape index (κ3) is 2.47. The standard InChI is InChI=1S/C13H15N5O2/c1-7-9(13-15-4-5-20-13)18-11(14)10(17-7)12(19)16-6-8-2-3-8/h4-5,8H,2-3,6H2,1H3,(H2,14,18)(H,16,19). The fraction of sp³-hybridized carbons (Fsp3) is 0.385. The van der Waals surface area contributed by atoms with Crippen LogP contribution < -0.4 is 11.1 Å². The molecule has 104 valence electrons. The van der Waals surface area contributed by atoms with Gasteiger partial charge in [0.2, 0.25) is 5.89 Å². The van der Waals surface area contributed by atoms with Crippen LogP contribution in [0.5, 0.6) is 0 Å². The van der Waals surface area contributed by atoms with Gasteiger partial charge in [-0.15, -0.1) is 0 Å². The molecule has 2 heterocycles. The molecule has 0 radical (unpaired) electrons. The molecule has 1 aliphatic carbocycles. The largest absolute Gasteiger partial charge is 0.443 e. The van der Waals surface area contributed by atoms with Crippen LogP contribution in [0.2, 0.25) is 0 Å². The van der Waals surface area contributed by atoms with Crippen molar-refractivity contribution in [3.05, 3.63) is 23.8 Å². The summed E-state index contributed by atoms with van der Waals surface area (Å²) < 4.78 is 5.17. The van der Waals surface area contributed by atoms with Gasteiger partial charge < -0.3 is 15.5 Å². The van der Waals surface area contributed by atoms with Crippen LogP contribution in [0.1, 0.15) is 29.0 Å². The number of anilines is 1. The van der Waals surface area contributed by atoms with E-state index in [2.05, 4.69) is 20.3 Å². The molecule has 2 aromatic rings. The molecule has 7 heteroatoms. The minimum Gasteiger partial charge on any atom is -0.443 e.